The van der Waals surface area contributed by atoms with Crippen molar-refractivity contribution in [3.05, 3.63) is 71.8 Å². The monoisotopic (exact) mass is 418 g/mol. The third-order valence-corrected chi connectivity index (χ3v) is 5.53. The van der Waals surface area contributed by atoms with Crippen LogP contribution in [0.1, 0.15) is 17.5 Å². The Balaban J connectivity index is 1.38. The van der Waals surface area contributed by atoms with Gasteiger partial charge in [0, 0.05) is 35.7 Å². The molecular formula is C25H26N2O4. The average molecular weight is 418 g/mol. The summed E-state index contributed by atoms with van der Waals surface area (Å²) in [5.41, 5.74) is 3.60. The van der Waals surface area contributed by atoms with Crippen LogP contribution in [0.2, 0.25) is 0 Å². The molecule has 0 spiro atoms. The fourth-order valence-electron chi connectivity index (χ4n) is 3.97. The van der Waals surface area contributed by atoms with Crippen LogP contribution in [-0.4, -0.2) is 40.9 Å². The van der Waals surface area contributed by atoms with E-state index in [4.69, 9.17) is 4.74 Å². The third kappa shape index (κ3) is 4.49. The molecule has 0 aliphatic heterocycles. The molecule has 0 aliphatic carbocycles. The molecule has 3 aromatic carbocycles. The Bertz CT molecular complexity index is 1210. The van der Waals surface area contributed by atoms with Gasteiger partial charge in [-0.15, -0.1) is 0 Å². The molecule has 4 rings (SSSR count). The van der Waals surface area contributed by atoms with E-state index >= 15 is 0 Å². The van der Waals surface area contributed by atoms with Gasteiger partial charge in [0.1, 0.15) is 11.5 Å². The highest BCUT2D eigenvalue weighted by atomic mass is 16.5. The number of para-hydroxylation sites is 2. The predicted octanol–water partition coefficient (Wildman–Crippen LogP) is 3.69. The lowest BCUT2D eigenvalue weighted by Gasteiger charge is -2.13. The SMILES string of the molecule is COc1ccccc1CCC(=O)NCC(O)Cc1ccc(O)c2c1[nH]c1ccccc12. The smallest absolute Gasteiger partial charge is 0.220 e. The van der Waals surface area contributed by atoms with Gasteiger partial charge in [-0.3, -0.25) is 4.79 Å². The Labute approximate surface area is 180 Å². The van der Waals surface area contributed by atoms with E-state index < -0.39 is 6.10 Å². The molecule has 0 saturated heterocycles. The van der Waals surface area contributed by atoms with Crippen molar-refractivity contribution in [3.8, 4) is 11.5 Å². The van der Waals surface area contributed by atoms with Crippen molar-refractivity contribution in [1.29, 1.82) is 0 Å². The summed E-state index contributed by atoms with van der Waals surface area (Å²) in [4.78, 5) is 15.6. The van der Waals surface area contributed by atoms with Crippen LogP contribution in [0.4, 0.5) is 0 Å². The largest absolute Gasteiger partial charge is 0.507 e. The van der Waals surface area contributed by atoms with Gasteiger partial charge in [-0.1, -0.05) is 42.5 Å². The second kappa shape index (κ2) is 9.10. The van der Waals surface area contributed by atoms with Crippen molar-refractivity contribution >= 4 is 27.7 Å². The van der Waals surface area contributed by atoms with E-state index in [0.29, 0.717) is 19.3 Å². The standard InChI is InChI=1S/C25H26N2O4/c1-31-22-9-5-2-6-16(22)11-13-23(30)26-15-18(28)14-17-10-12-21(29)24-19-7-3-4-8-20(19)27-25(17)24/h2-10,12,18,27-29H,11,13-15H2,1H3,(H,26,30). The molecule has 31 heavy (non-hydrogen) atoms. The minimum atomic E-state index is -0.741. The number of amides is 1. The first-order valence-electron chi connectivity index (χ1n) is 10.3. The average Bonchev–Trinajstić information content (AvgIpc) is 3.19. The molecule has 0 radical (unpaired) electrons. The van der Waals surface area contributed by atoms with Gasteiger partial charge in [0.05, 0.1) is 18.7 Å². The maximum Gasteiger partial charge on any atom is 0.220 e. The number of aromatic hydroxyl groups is 1. The molecule has 6 nitrogen and oxygen atoms in total. The molecule has 4 N–H and O–H groups in total. The number of aliphatic hydroxyl groups excluding tert-OH is 1. The first-order valence-corrected chi connectivity index (χ1v) is 10.3. The van der Waals surface area contributed by atoms with Crippen LogP contribution >= 0.6 is 0 Å². The Hall–Kier alpha value is -3.51. The highest BCUT2D eigenvalue weighted by molar-refractivity contribution is 6.11. The number of nitrogens with one attached hydrogen (secondary N) is 2. The minimum absolute atomic E-state index is 0.119. The number of carbonyl (C=O) groups excluding carboxylic acids is 1. The van der Waals surface area contributed by atoms with Gasteiger partial charge in [0.2, 0.25) is 5.91 Å². The van der Waals surface area contributed by atoms with Gasteiger partial charge in [0.15, 0.2) is 0 Å². The lowest BCUT2D eigenvalue weighted by Crippen LogP contribution is -2.33. The Morgan fingerprint density at radius 1 is 1.06 bits per heavy atom. The van der Waals surface area contributed by atoms with Gasteiger partial charge in [-0.05, 0) is 35.7 Å². The third-order valence-electron chi connectivity index (χ3n) is 5.53. The zero-order chi connectivity index (χ0) is 21.8. The molecule has 0 saturated carbocycles. The number of carbonyl (C=O) groups is 1. The number of methoxy groups -OCH3 is 1. The number of phenols is 1. The molecule has 6 heteroatoms. The normalized spacial score (nSPS) is 12.2. The number of aryl methyl sites for hydroxylation is 1. The molecule has 1 unspecified atom stereocenters. The van der Waals surface area contributed by atoms with E-state index in [9.17, 15) is 15.0 Å². The molecule has 1 heterocycles. The van der Waals surface area contributed by atoms with Gasteiger partial charge >= 0.3 is 0 Å². The summed E-state index contributed by atoms with van der Waals surface area (Å²) in [5, 5.41) is 25.3. The van der Waals surface area contributed by atoms with Gasteiger partial charge in [-0.2, -0.15) is 0 Å². The quantitative estimate of drug-likeness (QED) is 0.351. The van der Waals surface area contributed by atoms with Crippen LogP contribution in [0.5, 0.6) is 11.5 Å². The number of ether oxygens (including phenoxy) is 1. The zero-order valence-corrected chi connectivity index (χ0v) is 17.4. The fourth-order valence-corrected chi connectivity index (χ4v) is 3.97. The molecule has 0 aliphatic rings. The Morgan fingerprint density at radius 3 is 2.68 bits per heavy atom. The van der Waals surface area contributed by atoms with Crippen LogP contribution in [0.15, 0.2) is 60.7 Å². The number of aromatic nitrogens is 1. The van der Waals surface area contributed by atoms with Crippen molar-refractivity contribution in [1.82, 2.24) is 10.3 Å². The van der Waals surface area contributed by atoms with Crippen molar-refractivity contribution in [3.63, 3.8) is 0 Å². The summed E-state index contributed by atoms with van der Waals surface area (Å²) in [6.07, 6.45) is 0.503. The number of hydrogen-bond acceptors (Lipinski definition) is 4. The van der Waals surface area contributed by atoms with Crippen molar-refractivity contribution < 1.29 is 19.7 Å². The lowest BCUT2D eigenvalue weighted by molar-refractivity contribution is -0.121. The number of aliphatic hydroxyl groups is 1. The number of phenolic OH excluding ortho intramolecular Hbond substituents is 1. The summed E-state index contributed by atoms with van der Waals surface area (Å²) in [7, 11) is 1.61. The van der Waals surface area contributed by atoms with E-state index in [0.717, 1.165) is 38.7 Å². The summed E-state index contributed by atoms with van der Waals surface area (Å²) in [6, 6.07) is 18.9. The highest BCUT2D eigenvalue weighted by Gasteiger charge is 2.15. The molecule has 1 atom stereocenters. The van der Waals surface area contributed by atoms with Gasteiger partial charge in [0.25, 0.3) is 0 Å². The second-order valence-electron chi connectivity index (χ2n) is 7.64. The summed E-state index contributed by atoms with van der Waals surface area (Å²) in [5.74, 6) is 0.853. The molecule has 0 bridgehead atoms. The van der Waals surface area contributed by atoms with Gasteiger partial charge < -0.3 is 25.3 Å². The number of rotatable bonds is 8. The van der Waals surface area contributed by atoms with Crippen LogP contribution in [0.25, 0.3) is 21.8 Å². The first-order chi connectivity index (χ1) is 15.1. The molecule has 4 aromatic rings. The van der Waals surface area contributed by atoms with Crippen LogP contribution < -0.4 is 10.1 Å². The Kier molecular flexibility index (Phi) is 6.09. The van der Waals surface area contributed by atoms with Crippen LogP contribution in [0, 0.1) is 0 Å². The maximum absolute atomic E-state index is 12.2. The fraction of sp³-hybridized carbons (Fsp3) is 0.240. The highest BCUT2D eigenvalue weighted by Crippen LogP contribution is 2.34. The number of aromatic amines is 1. The Morgan fingerprint density at radius 2 is 1.84 bits per heavy atom. The number of hydrogen-bond donors (Lipinski definition) is 4. The molecule has 1 amide bonds. The molecule has 0 fully saturated rings. The minimum Gasteiger partial charge on any atom is -0.507 e. The van der Waals surface area contributed by atoms with E-state index in [-0.39, 0.29) is 18.2 Å². The number of H-pyrrole nitrogens is 1. The zero-order valence-electron chi connectivity index (χ0n) is 17.4. The molecule has 160 valence electrons. The number of benzene rings is 3. The molecule has 1 aromatic heterocycles. The van der Waals surface area contributed by atoms with E-state index in [2.05, 4.69) is 10.3 Å². The predicted molar refractivity (Wildman–Crippen MR) is 122 cm³/mol. The summed E-state index contributed by atoms with van der Waals surface area (Å²) < 4.78 is 5.32. The second-order valence-corrected chi connectivity index (χ2v) is 7.64. The van der Waals surface area contributed by atoms with E-state index in [1.54, 1.807) is 19.2 Å². The summed E-state index contributed by atoms with van der Waals surface area (Å²) in [6.45, 7) is 0.160. The van der Waals surface area contributed by atoms with E-state index in [1.807, 2.05) is 48.5 Å². The molecular weight excluding hydrogens is 392 g/mol. The maximum atomic E-state index is 12.2. The van der Waals surface area contributed by atoms with Crippen molar-refractivity contribution in [2.24, 2.45) is 0 Å². The first kappa shape index (κ1) is 20.8. The van der Waals surface area contributed by atoms with Crippen molar-refractivity contribution in [2.75, 3.05) is 13.7 Å². The topological polar surface area (TPSA) is 94.6 Å². The van der Waals surface area contributed by atoms with Crippen LogP contribution in [0.3, 0.4) is 0 Å². The van der Waals surface area contributed by atoms with Gasteiger partial charge in [-0.25, -0.2) is 0 Å². The van der Waals surface area contributed by atoms with Crippen LogP contribution in [-0.2, 0) is 17.6 Å². The van der Waals surface area contributed by atoms with Crippen molar-refractivity contribution in [2.45, 2.75) is 25.4 Å². The number of fused-ring (bicyclic) bond motifs is 3. The lowest BCUT2D eigenvalue weighted by atomic mass is 10.0. The van der Waals surface area contributed by atoms with E-state index in [1.165, 1.54) is 0 Å². The summed E-state index contributed by atoms with van der Waals surface area (Å²) >= 11 is 0.